The quantitative estimate of drug-likeness (QED) is 0.253. The summed E-state index contributed by atoms with van der Waals surface area (Å²) in [6.45, 7) is 1.51. The molecule has 0 aliphatic rings. The van der Waals surface area contributed by atoms with Crippen LogP contribution in [0.25, 0.3) is 0 Å². The number of hydrogen-bond acceptors (Lipinski definition) is 5. The topological polar surface area (TPSA) is 112 Å². The van der Waals surface area contributed by atoms with Crippen LogP contribution < -0.4 is 5.73 Å². The molecule has 162 valence electrons. The molecule has 0 spiro atoms. The average Bonchev–Trinajstić information content (AvgIpc) is 3.09. The zero-order valence-corrected chi connectivity index (χ0v) is 17.6. The number of esters is 1. The molecular formula is C23H30N2O5. The molecule has 0 bridgehead atoms. The van der Waals surface area contributed by atoms with Gasteiger partial charge in [0.25, 0.3) is 0 Å². The molecule has 7 heteroatoms. The number of hydrogen-bond donors (Lipinski definition) is 2. The number of aryl methyl sites for hydroxylation is 3. The number of carbonyl (C=O) groups excluding carboxylic acids is 2. The molecule has 0 aliphatic carbocycles. The van der Waals surface area contributed by atoms with Crippen LogP contribution in [0.4, 0.5) is 0 Å². The molecule has 0 fully saturated rings. The van der Waals surface area contributed by atoms with Gasteiger partial charge >= 0.3 is 11.9 Å². The number of aliphatic carboxylic acids is 1. The summed E-state index contributed by atoms with van der Waals surface area (Å²) in [5.41, 5.74) is 8.16. The van der Waals surface area contributed by atoms with E-state index in [4.69, 9.17) is 15.6 Å². The Bertz CT molecular complexity index is 871. The number of benzene rings is 1. The van der Waals surface area contributed by atoms with Gasteiger partial charge in [-0.2, -0.15) is 0 Å². The third kappa shape index (κ3) is 7.48. The molecule has 0 radical (unpaired) electrons. The van der Waals surface area contributed by atoms with Crippen LogP contribution in [0.1, 0.15) is 54.2 Å². The second-order valence-corrected chi connectivity index (χ2v) is 7.98. The zero-order valence-electron chi connectivity index (χ0n) is 17.6. The number of carbonyl (C=O) groups is 3. The van der Waals surface area contributed by atoms with Crippen molar-refractivity contribution in [2.24, 2.45) is 12.8 Å². The number of aromatic nitrogens is 1. The number of nitrogens with two attached hydrogens (primary N) is 1. The monoisotopic (exact) mass is 414 g/mol. The van der Waals surface area contributed by atoms with E-state index in [1.807, 2.05) is 42.1 Å². The summed E-state index contributed by atoms with van der Waals surface area (Å²) >= 11 is 0. The number of ether oxygens (including phenoxy) is 1. The van der Waals surface area contributed by atoms with Crippen LogP contribution >= 0.6 is 0 Å². The summed E-state index contributed by atoms with van der Waals surface area (Å²) in [4.78, 5) is 34.1. The van der Waals surface area contributed by atoms with Crippen LogP contribution in [0, 0.1) is 0 Å². The summed E-state index contributed by atoms with van der Waals surface area (Å²) in [6.07, 6.45) is 6.17. The van der Waals surface area contributed by atoms with Gasteiger partial charge in [0.1, 0.15) is 6.61 Å². The van der Waals surface area contributed by atoms with E-state index in [2.05, 4.69) is 12.1 Å². The SMILES string of the molecule is Cn1cc(C(=O)CCCCc2ccccc2)cc1CC[C@@](C)(N)COC(=O)C(=O)O. The summed E-state index contributed by atoms with van der Waals surface area (Å²) in [6, 6.07) is 12.1. The first-order valence-electron chi connectivity index (χ1n) is 10.1. The second-order valence-electron chi connectivity index (χ2n) is 7.98. The lowest BCUT2D eigenvalue weighted by atomic mass is 9.97. The summed E-state index contributed by atoms with van der Waals surface area (Å²) in [5.74, 6) is -2.83. The molecule has 0 aliphatic heterocycles. The molecule has 1 atom stereocenters. The van der Waals surface area contributed by atoms with Crippen LogP contribution in [0.3, 0.4) is 0 Å². The lowest BCUT2D eigenvalue weighted by Crippen LogP contribution is -2.43. The molecular weight excluding hydrogens is 384 g/mol. The van der Waals surface area contributed by atoms with Crippen LogP contribution in [-0.4, -0.2) is 39.5 Å². The molecule has 1 heterocycles. The third-order valence-electron chi connectivity index (χ3n) is 5.05. The Kier molecular flexibility index (Phi) is 8.35. The van der Waals surface area contributed by atoms with Crippen LogP contribution in [0.15, 0.2) is 42.6 Å². The van der Waals surface area contributed by atoms with Crippen LogP contribution in [0.2, 0.25) is 0 Å². The largest absolute Gasteiger partial charge is 0.473 e. The molecule has 0 saturated carbocycles. The zero-order chi connectivity index (χ0) is 22.1. The van der Waals surface area contributed by atoms with Crippen molar-refractivity contribution in [3.05, 3.63) is 59.4 Å². The van der Waals surface area contributed by atoms with E-state index in [1.54, 1.807) is 6.92 Å². The summed E-state index contributed by atoms with van der Waals surface area (Å²) in [5, 5.41) is 8.56. The van der Waals surface area contributed by atoms with E-state index >= 15 is 0 Å². The fraction of sp³-hybridized carbons (Fsp3) is 0.435. The van der Waals surface area contributed by atoms with Gasteiger partial charge in [0, 0.05) is 36.5 Å². The first kappa shape index (κ1) is 23.3. The normalized spacial score (nSPS) is 12.9. The Morgan fingerprint density at radius 3 is 2.50 bits per heavy atom. The maximum atomic E-state index is 12.5. The second kappa shape index (κ2) is 10.7. The van der Waals surface area contributed by atoms with Crippen molar-refractivity contribution in [3.63, 3.8) is 0 Å². The highest BCUT2D eigenvalue weighted by molar-refractivity contribution is 6.28. The number of carboxylic acids is 1. The molecule has 0 amide bonds. The van der Waals surface area contributed by atoms with E-state index in [0.717, 1.165) is 25.0 Å². The lowest BCUT2D eigenvalue weighted by molar-refractivity contribution is -0.164. The minimum absolute atomic E-state index is 0.121. The van der Waals surface area contributed by atoms with E-state index in [9.17, 15) is 14.4 Å². The van der Waals surface area contributed by atoms with Crippen molar-refractivity contribution in [1.82, 2.24) is 4.57 Å². The van der Waals surface area contributed by atoms with Gasteiger partial charge in [-0.15, -0.1) is 0 Å². The first-order valence-corrected chi connectivity index (χ1v) is 10.1. The smallest absolute Gasteiger partial charge is 0.417 e. The molecule has 1 aromatic carbocycles. The van der Waals surface area contributed by atoms with Crippen molar-refractivity contribution >= 4 is 17.7 Å². The highest BCUT2D eigenvalue weighted by atomic mass is 16.6. The van der Waals surface area contributed by atoms with Crippen molar-refractivity contribution in [2.45, 2.75) is 51.0 Å². The van der Waals surface area contributed by atoms with E-state index in [-0.39, 0.29) is 12.4 Å². The van der Waals surface area contributed by atoms with Gasteiger partial charge in [-0.05, 0) is 50.7 Å². The lowest BCUT2D eigenvalue weighted by Gasteiger charge is -2.23. The molecule has 2 aromatic rings. The van der Waals surface area contributed by atoms with Gasteiger partial charge in [0.05, 0.1) is 0 Å². The van der Waals surface area contributed by atoms with Gasteiger partial charge < -0.3 is 20.1 Å². The molecule has 0 unspecified atom stereocenters. The number of ketones is 1. The summed E-state index contributed by atoms with van der Waals surface area (Å²) < 4.78 is 6.59. The minimum atomic E-state index is -1.64. The minimum Gasteiger partial charge on any atom is -0.473 e. The molecule has 7 nitrogen and oxygen atoms in total. The van der Waals surface area contributed by atoms with E-state index in [0.29, 0.717) is 24.8 Å². The Morgan fingerprint density at radius 2 is 1.83 bits per heavy atom. The number of Topliss-reactive ketones (excluding diaryl/α,β-unsaturated/α-hetero) is 1. The molecule has 2 rings (SSSR count). The number of rotatable bonds is 11. The highest BCUT2D eigenvalue weighted by Crippen LogP contribution is 2.17. The van der Waals surface area contributed by atoms with Crippen LogP contribution in [-0.2, 0) is 34.2 Å². The maximum Gasteiger partial charge on any atom is 0.417 e. The van der Waals surface area contributed by atoms with E-state index < -0.39 is 17.5 Å². The van der Waals surface area contributed by atoms with Crippen LogP contribution in [0.5, 0.6) is 0 Å². The first-order chi connectivity index (χ1) is 14.2. The van der Waals surface area contributed by atoms with Crippen molar-refractivity contribution in [1.29, 1.82) is 0 Å². The Morgan fingerprint density at radius 1 is 1.13 bits per heavy atom. The highest BCUT2D eigenvalue weighted by Gasteiger charge is 2.24. The third-order valence-corrected chi connectivity index (χ3v) is 5.05. The Labute approximate surface area is 176 Å². The standard InChI is InChI=1S/C23H30N2O5/c1-23(24,16-30-22(29)21(27)28)13-12-19-14-18(15-25(19)2)20(26)11-7-6-10-17-8-4-3-5-9-17/h3-5,8-9,14-15H,6-7,10-13,16,24H2,1-2H3,(H,27,28)/t23-/m1/s1. The average molecular weight is 415 g/mol. The maximum absolute atomic E-state index is 12.5. The Hall–Kier alpha value is -2.93. The van der Waals surface area contributed by atoms with Gasteiger partial charge in [-0.25, -0.2) is 9.59 Å². The molecule has 30 heavy (non-hydrogen) atoms. The van der Waals surface area contributed by atoms with Crippen molar-refractivity contribution in [2.75, 3.05) is 6.61 Å². The molecule has 3 N–H and O–H groups in total. The van der Waals surface area contributed by atoms with Crippen molar-refractivity contribution < 1.29 is 24.2 Å². The summed E-state index contributed by atoms with van der Waals surface area (Å²) in [7, 11) is 1.87. The van der Waals surface area contributed by atoms with E-state index in [1.165, 1.54) is 5.56 Å². The molecule has 1 aromatic heterocycles. The fourth-order valence-electron chi connectivity index (χ4n) is 3.19. The number of nitrogens with zero attached hydrogens (tertiary/aromatic N) is 1. The van der Waals surface area contributed by atoms with Gasteiger partial charge in [0.15, 0.2) is 5.78 Å². The van der Waals surface area contributed by atoms with Gasteiger partial charge in [0.2, 0.25) is 0 Å². The number of carboxylic acid groups (broad SMARTS) is 1. The molecule has 0 saturated heterocycles. The van der Waals surface area contributed by atoms with Gasteiger partial charge in [-0.3, -0.25) is 4.79 Å². The van der Waals surface area contributed by atoms with Gasteiger partial charge in [-0.1, -0.05) is 30.3 Å². The predicted molar refractivity (Wildman–Crippen MR) is 113 cm³/mol. The Balaban J connectivity index is 1.80. The predicted octanol–water partition coefficient (Wildman–Crippen LogP) is 2.90. The van der Waals surface area contributed by atoms with Crippen molar-refractivity contribution in [3.8, 4) is 0 Å². The number of unbranched alkanes of at least 4 members (excludes halogenated alkanes) is 1. The fourth-order valence-corrected chi connectivity index (χ4v) is 3.19.